The summed E-state index contributed by atoms with van der Waals surface area (Å²) >= 11 is 0. The minimum absolute atomic E-state index is 0.114. The van der Waals surface area contributed by atoms with E-state index in [4.69, 9.17) is 0 Å². The molecule has 30 heavy (non-hydrogen) atoms. The smallest absolute Gasteiger partial charge is 0.230 e. The van der Waals surface area contributed by atoms with Gasteiger partial charge in [-0.25, -0.2) is 0 Å². The van der Waals surface area contributed by atoms with Crippen LogP contribution in [0.5, 0.6) is 0 Å². The standard InChI is InChI=1S/C26H47N3O/c1-21-19-26(20-21)9-15-28(16-10-26)22(30)23(2,3)24(4,5)29-17-11-25(12-18-29)7-13-27(6)14-8-25/h21H,7-20H2,1-6H3. The van der Waals surface area contributed by atoms with Gasteiger partial charge in [-0.05, 0) is 129 Å². The van der Waals surface area contributed by atoms with Crippen molar-refractivity contribution < 1.29 is 4.79 Å². The molecule has 4 nitrogen and oxygen atoms in total. The fraction of sp³-hybridized carbons (Fsp3) is 0.962. The van der Waals surface area contributed by atoms with Gasteiger partial charge in [-0.2, -0.15) is 0 Å². The van der Waals surface area contributed by atoms with Gasteiger partial charge < -0.3 is 9.80 Å². The largest absolute Gasteiger partial charge is 0.342 e. The van der Waals surface area contributed by atoms with Crippen molar-refractivity contribution in [2.24, 2.45) is 22.2 Å². The van der Waals surface area contributed by atoms with Crippen LogP contribution in [0.3, 0.4) is 0 Å². The second kappa shape index (κ2) is 7.76. The second-order valence-corrected chi connectivity index (χ2v) is 12.8. The van der Waals surface area contributed by atoms with E-state index in [-0.39, 0.29) is 11.0 Å². The Hall–Kier alpha value is -0.610. The van der Waals surface area contributed by atoms with Crippen LogP contribution in [0.4, 0.5) is 0 Å². The molecule has 1 amide bonds. The predicted octanol–water partition coefficient (Wildman–Crippen LogP) is 4.64. The van der Waals surface area contributed by atoms with E-state index < -0.39 is 0 Å². The maximum absolute atomic E-state index is 13.7. The second-order valence-electron chi connectivity index (χ2n) is 12.8. The normalized spacial score (nSPS) is 28.7. The van der Waals surface area contributed by atoms with Crippen LogP contribution in [0.25, 0.3) is 0 Å². The van der Waals surface area contributed by atoms with Gasteiger partial charge in [0.05, 0.1) is 5.41 Å². The first kappa shape index (κ1) is 22.6. The van der Waals surface area contributed by atoms with E-state index in [1.807, 2.05) is 0 Å². The highest BCUT2D eigenvalue weighted by molar-refractivity contribution is 5.83. The van der Waals surface area contributed by atoms with Crippen LogP contribution in [0.15, 0.2) is 0 Å². The van der Waals surface area contributed by atoms with E-state index in [2.05, 4.69) is 56.4 Å². The van der Waals surface area contributed by atoms with Crippen LogP contribution >= 0.6 is 0 Å². The van der Waals surface area contributed by atoms with Crippen molar-refractivity contribution in [2.75, 3.05) is 46.3 Å². The van der Waals surface area contributed by atoms with Crippen LogP contribution in [-0.2, 0) is 4.79 Å². The van der Waals surface area contributed by atoms with Gasteiger partial charge in [0.15, 0.2) is 0 Å². The van der Waals surface area contributed by atoms with Crippen LogP contribution in [0.2, 0.25) is 0 Å². The van der Waals surface area contributed by atoms with Crippen molar-refractivity contribution in [3.05, 3.63) is 0 Å². The zero-order valence-corrected chi connectivity index (χ0v) is 20.7. The highest BCUT2D eigenvalue weighted by Gasteiger charge is 2.52. The molecule has 4 heteroatoms. The first-order valence-electron chi connectivity index (χ1n) is 12.7. The van der Waals surface area contributed by atoms with Gasteiger partial charge in [0, 0.05) is 18.6 Å². The van der Waals surface area contributed by atoms with Crippen molar-refractivity contribution in [3.63, 3.8) is 0 Å². The number of likely N-dealkylation sites (tertiary alicyclic amines) is 3. The van der Waals surface area contributed by atoms with E-state index in [9.17, 15) is 4.79 Å². The van der Waals surface area contributed by atoms with Crippen molar-refractivity contribution >= 4 is 5.91 Å². The van der Waals surface area contributed by atoms with Crippen molar-refractivity contribution in [1.82, 2.24) is 14.7 Å². The maximum atomic E-state index is 13.7. The zero-order chi connectivity index (χ0) is 21.8. The lowest BCUT2D eigenvalue weighted by molar-refractivity contribution is -0.154. The lowest BCUT2D eigenvalue weighted by Crippen LogP contribution is -2.63. The molecule has 1 aliphatic carbocycles. The van der Waals surface area contributed by atoms with Crippen LogP contribution in [0.1, 0.15) is 86.0 Å². The number of carbonyl (C=O) groups excluding carboxylic acids is 1. The summed E-state index contributed by atoms with van der Waals surface area (Å²) in [4.78, 5) is 21.1. The lowest BCUT2D eigenvalue weighted by atomic mass is 9.58. The summed E-state index contributed by atoms with van der Waals surface area (Å²) in [5, 5.41) is 0. The SMILES string of the molecule is CC1CC2(CCN(C(=O)C(C)(C)C(C)(C)N3CCC4(CCN(C)CC4)CC3)CC2)C1. The summed E-state index contributed by atoms with van der Waals surface area (Å²) in [6, 6.07) is 0. The Bertz CT molecular complexity index is 621. The molecule has 3 heterocycles. The summed E-state index contributed by atoms with van der Waals surface area (Å²) in [5.74, 6) is 1.28. The minimum Gasteiger partial charge on any atom is -0.342 e. The topological polar surface area (TPSA) is 26.8 Å². The molecule has 4 aliphatic rings. The van der Waals surface area contributed by atoms with Gasteiger partial charge in [-0.3, -0.25) is 9.69 Å². The fourth-order valence-corrected chi connectivity index (χ4v) is 7.20. The van der Waals surface area contributed by atoms with Crippen LogP contribution in [0, 0.1) is 22.2 Å². The molecule has 0 aromatic heterocycles. The summed E-state index contributed by atoms with van der Waals surface area (Å²) < 4.78 is 0. The Labute approximate surface area is 185 Å². The van der Waals surface area contributed by atoms with Gasteiger partial charge in [-0.15, -0.1) is 0 Å². The van der Waals surface area contributed by atoms with Gasteiger partial charge in [0.1, 0.15) is 0 Å². The molecule has 172 valence electrons. The molecular formula is C26H47N3O. The molecule has 0 atom stereocenters. The molecule has 2 spiro atoms. The van der Waals surface area contributed by atoms with Crippen LogP contribution in [-0.4, -0.2) is 72.5 Å². The average Bonchev–Trinajstić information content (AvgIpc) is 2.70. The highest BCUT2D eigenvalue weighted by atomic mass is 16.2. The molecular weight excluding hydrogens is 370 g/mol. The number of hydrogen-bond donors (Lipinski definition) is 0. The summed E-state index contributed by atoms with van der Waals surface area (Å²) in [6.45, 7) is 18.2. The third kappa shape index (κ3) is 3.85. The van der Waals surface area contributed by atoms with Gasteiger partial charge in [0.25, 0.3) is 0 Å². The minimum atomic E-state index is -0.359. The quantitative estimate of drug-likeness (QED) is 0.669. The Morgan fingerprint density at radius 1 is 0.767 bits per heavy atom. The van der Waals surface area contributed by atoms with Crippen molar-refractivity contribution in [1.29, 1.82) is 0 Å². The Kier molecular flexibility index (Phi) is 5.84. The number of amides is 1. The molecule has 0 aromatic rings. The summed E-state index contributed by atoms with van der Waals surface area (Å²) in [6.07, 6.45) is 10.5. The lowest BCUT2D eigenvalue weighted by Gasteiger charge is -2.56. The molecule has 0 unspecified atom stereocenters. The number of piperidine rings is 3. The van der Waals surface area contributed by atoms with E-state index in [1.165, 1.54) is 64.5 Å². The molecule has 0 radical (unpaired) electrons. The average molecular weight is 418 g/mol. The number of hydrogen-bond acceptors (Lipinski definition) is 3. The third-order valence-electron chi connectivity index (χ3n) is 10.4. The number of rotatable bonds is 3. The van der Waals surface area contributed by atoms with E-state index in [0.29, 0.717) is 16.7 Å². The molecule has 0 aromatic carbocycles. The van der Waals surface area contributed by atoms with Gasteiger partial charge in [-0.1, -0.05) is 6.92 Å². The van der Waals surface area contributed by atoms with Gasteiger partial charge >= 0.3 is 0 Å². The summed E-state index contributed by atoms with van der Waals surface area (Å²) in [7, 11) is 2.26. The molecule has 0 N–H and O–H groups in total. The molecule has 0 bridgehead atoms. The zero-order valence-electron chi connectivity index (χ0n) is 20.7. The number of nitrogens with zero attached hydrogens (tertiary/aromatic N) is 3. The van der Waals surface area contributed by atoms with E-state index in [1.54, 1.807) is 0 Å². The molecule has 4 fully saturated rings. The van der Waals surface area contributed by atoms with Gasteiger partial charge in [0.2, 0.25) is 5.91 Å². The monoisotopic (exact) mass is 417 g/mol. The Morgan fingerprint density at radius 3 is 1.73 bits per heavy atom. The molecule has 1 saturated carbocycles. The Balaban J connectivity index is 1.36. The molecule has 4 rings (SSSR count). The van der Waals surface area contributed by atoms with E-state index in [0.717, 1.165) is 32.1 Å². The molecule has 3 aliphatic heterocycles. The Morgan fingerprint density at radius 2 is 1.23 bits per heavy atom. The van der Waals surface area contributed by atoms with E-state index >= 15 is 0 Å². The molecule has 3 saturated heterocycles. The van der Waals surface area contributed by atoms with Crippen molar-refractivity contribution in [2.45, 2.75) is 91.5 Å². The summed E-state index contributed by atoms with van der Waals surface area (Å²) in [5.41, 5.74) is 0.665. The van der Waals surface area contributed by atoms with Crippen LogP contribution < -0.4 is 0 Å². The first-order chi connectivity index (χ1) is 14.0. The highest BCUT2D eigenvalue weighted by Crippen LogP contribution is 2.53. The predicted molar refractivity (Wildman–Crippen MR) is 124 cm³/mol. The third-order valence-corrected chi connectivity index (χ3v) is 10.4. The fourth-order valence-electron chi connectivity index (χ4n) is 7.20. The first-order valence-corrected chi connectivity index (χ1v) is 12.7. The maximum Gasteiger partial charge on any atom is 0.230 e. The van der Waals surface area contributed by atoms with Crippen molar-refractivity contribution in [3.8, 4) is 0 Å². The number of carbonyl (C=O) groups is 1.